The standard InChI is InChI=1S/C14H18N2O4S/c1-9(15-13(19)11-3-2-8-21-11)14(20)16(10-4-5-10)7-6-12(17)18/h2-3,8-10H,4-7H2,1H3,(H,15,19)(H,17,18). The van der Waals surface area contributed by atoms with Crippen LogP contribution in [0.4, 0.5) is 0 Å². The van der Waals surface area contributed by atoms with Crippen LogP contribution in [0.2, 0.25) is 0 Å². The SMILES string of the molecule is CC(NC(=O)c1cccs1)C(=O)N(CCC(=O)O)C1CC1. The van der Waals surface area contributed by atoms with Crippen LogP contribution >= 0.6 is 11.3 Å². The lowest BCUT2D eigenvalue weighted by Gasteiger charge is -2.25. The summed E-state index contributed by atoms with van der Waals surface area (Å²) in [6, 6.07) is 2.93. The first-order chi connectivity index (χ1) is 9.99. The second-order valence-electron chi connectivity index (χ2n) is 5.08. The Morgan fingerprint density at radius 1 is 1.48 bits per heavy atom. The molecule has 1 unspecified atom stereocenters. The van der Waals surface area contributed by atoms with Crippen LogP contribution in [0.5, 0.6) is 0 Å². The van der Waals surface area contributed by atoms with Gasteiger partial charge in [0, 0.05) is 12.6 Å². The number of aliphatic carboxylic acids is 1. The zero-order valence-corrected chi connectivity index (χ0v) is 12.6. The number of rotatable bonds is 7. The van der Waals surface area contributed by atoms with Crippen LogP contribution in [-0.4, -0.2) is 46.4 Å². The molecule has 2 N–H and O–H groups in total. The molecule has 1 aromatic rings. The summed E-state index contributed by atoms with van der Waals surface area (Å²) in [5.41, 5.74) is 0. The fourth-order valence-corrected chi connectivity index (χ4v) is 2.69. The number of carboxylic acid groups (broad SMARTS) is 1. The average molecular weight is 310 g/mol. The molecule has 2 rings (SSSR count). The summed E-state index contributed by atoms with van der Waals surface area (Å²) >= 11 is 1.31. The van der Waals surface area contributed by atoms with E-state index < -0.39 is 12.0 Å². The Morgan fingerprint density at radius 2 is 2.19 bits per heavy atom. The van der Waals surface area contributed by atoms with Gasteiger partial charge in [0.25, 0.3) is 5.91 Å². The van der Waals surface area contributed by atoms with Crippen molar-refractivity contribution in [2.75, 3.05) is 6.54 Å². The molecule has 1 fully saturated rings. The first-order valence-electron chi connectivity index (χ1n) is 6.85. The van der Waals surface area contributed by atoms with Crippen LogP contribution in [0.1, 0.15) is 35.9 Å². The second-order valence-corrected chi connectivity index (χ2v) is 6.03. The van der Waals surface area contributed by atoms with Gasteiger partial charge in [-0.25, -0.2) is 0 Å². The molecule has 1 aliphatic rings. The summed E-state index contributed by atoms with van der Waals surface area (Å²) in [6.07, 6.45) is 1.72. The van der Waals surface area contributed by atoms with Crippen molar-refractivity contribution in [3.05, 3.63) is 22.4 Å². The van der Waals surface area contributed by atoms with Crippen molar-refractivity contribution in [2.45, 2.75) is 38.3 Å². The molecular formula is C14H18N2O4S. The van der Waals surface area contributed by atoms with Gasteiger partial charge in [0.1, 0.15) is 6.04 Å². The Labute approximate surface area is 126 Å². The van der Waals surface area contributed by atoms with E-state index in [1.54, 1.807) is 29.3 Å². The van der Waals surface area contributed by atoms with E-state index in [0.717, 1.165) is 12.8 Å². The van der Waals surface area contributed by atoms with Crippen molar-refractivity contribution >= 4 is 29.1 Å². The first kappa shape index (κ1) is 15.5. The van der Waals surface area contributed by atoms with Gasteiger partial charge in [0.15, 0.2) is 0 Å². The van der Waals surface area contributed by atoms with Gasteiger partial charge in [0.2, 0.25) is 5.91 Å². The van der Waals surface area contributed by atoms with Crippen molar-refractivity contribution in [1.82, 2.24) is 10.2 Å². The van der Waals surface area contributed by atoms with Crippen LogP contribution in [0.25, 0.3) is 0 Å². The molecule has 0 bridgehead atoms. The fourth-order valence-electron chi connectivity index (χ4n) is 2.06. The molecule has 0 aliphatic heterocycles. The van der Waals surface area contributed by atoms with E-state index in [4.69, 9.17) is 5.11 Å². The summed E-state index contributed by atoms with van der Waals surface area (Å²) in [5, 5.41) is 13.2. The van der Waals surface area contributed by atoms with Crippen molar-refractivity contribution in [3.8, 4) is 0 Å². The van der Waals surface area contributed by atoms with E-state index in [2.05, 4.69) is 5.32 Å². The molecule has 0 radical (unpaired) electrons. The van der Waals surface area contributed by atoms with E-state index >= 15 is 0 Å². The fraction of sp³-hybridized carbons (Fsp3) is 0.500. The van der Waals surface area contributed by atoms with E-state index in [1.807, 2.05) is 0 Å². The monoisotopic (exact) mass is 310 g/mol. The third-order valence-corrected chi connectivity index (χ3v) is 4.17. The maximum Gasteiger partial charge on any atom is 0.305 e. The van der Waals surface area contributed by atoms with E-state index in [-0.39, 0.29) is 30.8 Å². The molecule has 6 nitrogen and oxygen atoms in total. The Balaban J connectivity index is 1.92. The highest BCUT2D eigenvalue weighted by molar-refractivity contribution is 7.12. The quantitative estimate of drug-likeness (QED) is 0.795. The predicted octanol–water partition coefficient (Wildman–Crippen LogP) is 1.33. The highest BCUT2D eigenvalue weighted by Crippen LogP contribution is 2.27. The number of nitrogens with one attached hydrogen (secondary N) is 1. The predicted molar refractivity (Wildman–Crippen MR) is 78.2 cm³/mol. The Morgan fingerprint density at radius 3 is 2.71 bits per heavy atom. The highest BCUT2D eigenvalue weighted by atomic mass is 32.1. The highest BCUT2D eigenvalue weighted by Gasteiger charge is 2.35. The van der Waals surface area contributed by atoms with Crippen molar-refractivity contribution in [2.24, 2.45) is 0 Å². The zero-order chi connectivity index (χ0) is 15.4. The minimum atomic E-state index is -0.927. The Kier molecular flexibility index (Phi) is 4.95. The summed E-state index contributed by atoms with van der Waals surface area (Å²) < 4.78 is 0. The number of carbonyl (C=O) groups excluding carboxylic acids is 2. The van der Waals surface area contributed by atoms with Gasteiger partial charge in [-0.15, -0.1) is 11.3 Å². The maximum absolute atomic E-state index is 12.4. The molecule has 1 aromatic heterocycles. The zero-order valence-electron chi connectivity index (χ0n) is 11.7. The first-order valence-corrected chi connectivity index (χ1v) is 7.73. The molecule has 114 valence electrons. The van der Waals surface area contributed by atoms with Gasteiger partial charge in [-0.3, -0.25) is 14.4 Å². The molecule has 1 heterocycles. The molecule has 1 saturated carbocycles. The minimum absolute atomic E-state index is 0.0756. The number of amides is 2. The average Bonchev–Trinajstić information content (AvgIpc) is 3.11. The van der Waals surface area contributed by atoms with Crippen LogP contribution in [0, 0.1) is 0 Å². The third-order valence-electron chi connectivity index (χ3n) is 3.30. The molecule has 2 amide bonds. The molecule has 0 saturated heterocycles. The third kappa shape index (κ3) is 4.29. The molecule has 21 heavy (non-hydrogen) atoms. The normalized spacial score (nSPS) is 15.3. The summed E-state index contributed by atoms with van der Waals surface area (Å²) in [5.74, 6) is -1.42. The van der Waals surface area contributed by atoms with Gasteiger partial charge >= 0.3 is 5.97 Å². The van der Waals surface area contributed by atoms with E-state index in [1.165, 1.54) is 11.3 Å². The smallest absolute Gasteiger partial charge is 0.305 e. The molecule has 7 heteroatoms. The van der Waals surface area contributed by atoms with Crippen LogP contribution in [0.15, 0.2) is 17.5 Å². The van der Waals surface area contributed by atoms with Gasteiger partial charge in [-0.05, 0) is 31.2 Å². The largest absolute Gasteiger partial charge is 0.481 e. The van der Waals surface area contributed by atoms with Gasteiger partial charge in [-0.1, -0.05) is 6.07 Å². The number of hydrogen-bond acceptors (Lipinski definition) is 4. The molecule has 0 aromatic carbocycles. The second kappa shape index (κ2) is 6.71. The van der Waals surface area contributed by atoms with Crippen LogP contribution in [-0.2, 0) is 9.59 Å². The number of hydrogen-bond donors (Lipinski definition) is 2. The van der Waals surface area contributed by atoms with Crippen molar-refractivity contribution in [3.63, 3.8) is 0 Å². The maximum atomic E-state index is 12.4. The number of carbonyl (C=O) groups is 3. The lowest BCUT2D eigenvalue weighted by molar-refractivity contribution is -0.139. The van der Waals surface area contributed by atoms with Crippen molar-refractivity contribution in [1.29, 1.82) is 0 Å². The molecule has 0 spiro atoms. The summed E-state index contributed by atoms with van der Waals surface area (Å²) in [7, 11) is 0. The van der Waals surface area contributed by atoms with Gasteiger partial charge in [0.05, 0.1) is 11.3 Å². The van der Waals surface area contributed by atoms with E-state index in [9.17, 15) is 14.4 Å². The molecule has 1 atom stereocenters. The van der Waals surface area contributed by atoms with Crippen molar-refractivity contribution < 1.29 is 19.5 Å². The molecule has 1 aliphatic carbocycles. The number of thiophene rings is 1. The van der Waals surface area contributed by atoms with Crippen LogP contribution < -0.4 is 5.32 Å². The van der Waals surface area contributed by atoms with Gasteiger partial charge < -0.3 is 15.3 Å². The number of carboxylic acids is 1. The molecular weight excluding hydrogens is 292 g/mol. The Bertz CT molecular complexity index is 525. The lowest BCUT2D eigenvalue weighted by Crippen LogP contribution is -2.48. The lowest BCUT2D eigenvalue weighted by atomic mass is 10.2. The van der Waals surface area contributed by atoms with Crippen LogP contribution in [0.3, 0.4) is 0 Å². The number of nitrogens with zero attached hydrogens (tertiary/aromatic N) is 1. The Hall–Kier alpha value is -1.89. The minimum Gasteiger partial charge on any atom is -0.481 e. The van der Waals surface area contributed by atoms with E-state index in [0.29, 0.717) is 4.88 Å². The van der Waals surface area contributed by atoms with Gasteiger partial charge in [-0.2, -0.15) is 0 Å². The topological polar surface area (TPSA) is 86.7 Å². The summed E-state index contributed by atoms with van der Waals surface area (Å²) in [4.78, 5) is 37.1. The summed E-state index contributed by atoms with van der Waals surface area (Å²) in [6.45, 7) is 1.82.